The average molecular weight is 1500 g/mol. The number of nitrogens with zero attached hydrogens (tertiary/aromatic N) is 3. The number of fused-ring (bicyclic) bond motifs is 27. The topological polar surface area (TPSA) is 78.1 Å². The van der Waals surface area contributed by atoms with E-state index in [9.17, 15) is 0 Å². The molecular weight excluding hydrogens is 1420 g/mol. The number of aromatic nitrogens is 3. The highest BCUT2D eigenvalue weighted by atomic mass is 16.3. The van der Waals surface area contributed by atoms with Gasteiger partial charge >= 0.3 is 0 Å². The van der Waals surface area contributed by atoms with Gasteiger partial charge in [0.1, 0.15) is 33.5 Å². The quantitative estimate of drug-likeness (QED) is 0.154. The first-order valence-corrected chi connectivity index (χ1v) is 40.2. The lowest BCUT2D eigenvalue weighted by molar-refractivity contribution is 0.666. The molecule has 0 atom stereocenters. The maximum Gasteiger partial charge on any atom is 0.143 e. The highest BCUT2D eigenvalue weighted by Gasteiger charge is 2.22. The molecule has 0 aliphatic rings. The Morgan fingerprint density at radius 1 is 0.171 bits per heavy atom. The summed E-state index contributed by atoms with van der Waals surface area (Å²) in [5, 5.41) is 25.3. The van der Waals surface area contributed by atoms with E-state index in [0.717, 1.165) is 139 Å². The van der Waals surface area contributed by atoms with Crippen LogP contribution in [0.5, 0.6) is 0 Å². The number of hydrogen-bond donors (Lipinski definition) is 0. The molecule has 0 aliphatic carbocycles. The second-order valence-corrected chi connectivity index (χ2v) is 31.6. The van der Waals surface area contributed by atoms with Crippen LogP contribution in [0.25, 0.3) is 230 Å². The largest absolute Gasteiger partial charge is 0.455 e. The van der Waals surface area contributed by atoms with Gasteiger partial charge in [0.15, 0.2) is 0 Å². The van der Waals surface area contributed by atoms with Crippen LogP contribution in [0.3, 0.4) is 0 Å². The van der Waals surface area contributed by atoms with Gasteiger partial charge in [-0.2, -0.15) is 0 Å². The number of aryl methyl sites for hydroxylation is 6. The van der Waals surface area contributed by atoms with Crippen molar-refractivity contribution in [2.45, 2.75) is 41.5 Å². The van der Waals surface area contributed by atoms with Gasteiger partial charge in [0.25, 0.3) is 0 Å². The van der Waals surface area contributed by atoms with Gasteiger partial charge in [0.2, 0.25) is 0 Å². The zero-order valence-corrected chi connectivity index (χ0v) is 65.5. The fourth-order valence-corrected chi connectivity index (χ4v) is 18.5. The fourth-order valence-electron chi connectivity index (χ4n) is 18.5. The van der Waals surface area contributed by atoms with E-state index in [-0.39, 0.29) is 0 Å². The second kappa shape index (κ2) is 27.5. The molecule has 0 bridgehead atoms. The molecule has 117 heavy (non-hydrogen) atoms. The van der Waals surface area contributed by atoms with Gasteiger partial charge in [-0.15, -0.1) is 0 Å². The number of pyridine rings is 3. The molecule has 6 nitrogen and oxygen atoms in total. The van der Waals surface area contributed by atoms with Gasteiger partial charge in [-0.3, -0.25) is 0 Å². The molecule has 0 radical (unpaired) electrons. The van der Waals surface area contributed by atoms with Crippen LogP contribution >= 0.6 is 0 Å². The van der Waals surface area contributed by atoms with Crippen molar-refractivity contribution in [1.29, 1.82) is 0 Å². The summed E-state index contributed by atoms with van der Waals surface area (Å²) < 4.78 is 19.4. The lowest BCUT2D eigenvalue weighted by atomic mass is 9.95. The van der Waals surface area contributed by atoms with Gasteiger partial charge in [0, 0.05) is 98.0 Å². The summed E-state index contributed by atoms with van der Waals surface area (Å²) in [6, 6.07) is 123. The molecule has 24 aromatic rings. The standard InChI is InChI=1S/C38H27NO.C37H25NO.C36H23NO/c1-22-17-24(3)37-33(19-22)34-20-23(2)18-32(38(34)40-37)25-9-8-10-26(21-25)35-16-15-31-29-13-5-4-11-27(29)28-12-6-7-14-30(28)36(31)39-35;1-22-14-17-35-32(18-22)33-20-23(2)19-31(37(33)39-35)24-8-7-9-25(21-24)34-16-15-30-28-12-4-3-10-26(28)27-11-5-6-13-29(27)36(30)38-34;1-22-9-6-17-31-32-18-8-16-25(36(32)38-35(22)31)23-10-7-11-24(21-23)33-20-19-30-28-14-3-2-12-26(28)27-13-4-5-15-29(27)34(30)37-33/h4-21H,1-3H3;3-21H,1-2H3;2-21H,1H3. The van der Waals surface area contributed by atoms with Gasteiger partial charge in [-0.05, 0) is 232 Å². The van der Waals surface area contributed by atoms with Crippen molar-refractivity contribution in [3.05, 3.63) is 379 Å². The first-order valence-electron chi connectivity index (χ1n) is 40.2. The van der Waals surface area contributed by atoms with Crippen molar-refractivity contribution in [2.24, 2.45) is 0 Å². The van der Waals surface area contributed by atoms with E-state index in [0.29, 0.717) is 0 Å². The van der Waals surface area contributed by atoms with Crippen LogP contribution in [0.4, 0.5) is 0 Å². The maximum atomic E-state index is 6.56. The van der Waals surface area contributed by atoms with Gasteiger partial charge in [-0.1, -0.05) is 254 Å². The third-order valence-electron chi connectivity index (χ3n) is 23.9. The third kappa shape index (κ3) is 11.6. The second-order valence-electron chi connectivity index (χ2n) is 31.6. The van der Waals surface area contributed by atoms with Crippen molar-refractivity contribution >= 4 is 163 Å². The number of benzene rings is 18. The van der Waals surface area contributed by atoms with E-state index in [1.54, 1.807) is 0 Å². The molecule has 24 rings (SSSR count). The summed E-state index contributed by atoms with van der Waals surface area (Å²) in [4.78, 5) is 15.8. The normalized spacial score (nSPS) is 11.8. The molecule has 6 heterocycles. The smallest absolute Gasteiger partial charge is 0.143 e. The molecule has 6 aromatic heterocycles. The van der Waals surface area contributed by atoms with E-state index in [2.05, 4.69) is 387 Å². The van der Waals surface area contributed by atoms with Crippen molar-refractivity contribution in [3.63, 3.8) is 0 Å². The predicted molar refractivity (Wildman–Crippen MR) is 493 cm³/mol. The van der Waals surface area contributed by atoms with Gasteiger partial charge in [-0.25, -0.2) is 15.0 Å². The minimum absolute atomic E-state index is 0.925. The number of furan rings is 3. The summed E-state index contributed by atoms with van der Waals surface area (Å²) in [6.07, 6.45) is 0. The molecular formula is C111H75N3O3. The van der Waals surface area contributed by atoms with E-state index in [1.807, 2.05) is 0 Å². The van der Waals surface area contributed by atoms with Crippen LogP contribution in [-0.2, 0) is 0 Å². The average Bonchev–Trinajstić information content (AvgIpc) is 1.70. The molecule has 0 amide bonds. The Bertz CT molecular complexity index is 8190. The Hall–Kier alpha value is -14.9. The van der Waals surface area contributed by atoms with Gasteiger partial charge in [0.05, 0.1) is 33.6 Å². The van der Waals surface area contributed by atoms with Crippen LogP contribution < -0.4 is 0 Å². The Kier molecular flexibility index (Phi) is 16.2. The Morgan fingerprint density at radius 2 is 0.470 bits per heavy atom. The zero-order valence-electron chi connectivity index (χ0n) is 65.5. The Balaban J connectivity index is 0.000000106. The fraction of sp³-hybridized carbons (Fsp3) is 0.0541. The minimum Gasteiger partial charge on any atom is -0.455 e. The summed E-state index contributed by atoms with van der Waals surface area (Å²) >= 11 is 0. The third-order valence-corrected chi connectivity index (χ3v) is 23.9. The van der Waals surface area contributed by atoms with E-state index < -0.39 is 0 Å². The molecule has 0 saturated carbocycles. The number of rotatable bonds is 6. The Morgan fingerprint density at radius 3 is 0.906 bits per heavy atom. The van der Waals surface area contributed by atoms with Crippen LogP contribution in [0.2, 0.25) is 0 Å². The van der Waals surface area contributed by atoms with Crippen molar-refractivity contribution < 1.29 is 13.3 Å². The maximum absolute atomic E-state index is 6.56. The summed E-state index contributed by atoms with van der Waals surface area (Å²) in [6.45, 7) is 12.8. The highest BCUT2D eigenvalue weighted by Crippen LogP contribution is 2.46. The van der Waals surface area contributed by atoms with Crippen LogP contribution in [0.15, 0.2) is 359 Å². The van der Waals surface area contributed by atoms with Crippen molar-refractivity contribution in [1.82, 2.24) is 15.0 Å². The summed E-state index contributed by atoms with van der Waals surface area (Å²) in [5.74, 6) is 0. The molecule has 0 N–H and O–H groups in total. The van der Waals surface area contributed by atoms with E-state index in [4.69, 9.17) is 28.2 Å². The molecule has 552 valence electrons. The number of hydrogen-bond acceptors (Lipinski definition) is 6. The molecule has 0 unspecified atom stereocenters. The summed E-state index contributed by atoms with van der Waals surface area (Å²) in [5.41, 5.74) is 28.9. The molecule has 0 fully saturated rings. The lowest BCUT2D eigenvalue weighted by Gasteiger charge is -2.12. The molecule has 6 heteroatoms. The highest BCUT2D eigenvalue weighted by molar-refractivity contribution is 6.27. The van der Waals surface area contributed by atoms with E-state index >= 15 is 0 Å². The number of para-hydroxylation sites is 2. The first kappa shape index (κ1) is 68.9. The van der Waals surface area contributed by atoms with Crippen LogP contribution in [0.1, 0.15) is 33.4 Å². The Labute approximate surface area is 674 Å². The molecule has 0 aliphatic heterocycles. The summed E-state index contributed by atoms with van der Waals surface area (Å²) in [7, 11) is 0. The molecule has 0 saturated heterocycles. The monoisotopic (exact) mass is 1500 g/mol. The molecule has 18 aromatic carbocycles. The van der Waals surface area contributed by atoms with Crippen molar-refractivity contribution in [2.75, 3.05) is 0 Å². The van der Waals surface area contributed by atoms with Crippen molar-refractivity contribution in [3.8, 4) is 67.2 Å². The molecule has 0 spiro atoms. The van der Waals surface area contributed by atoms with E-state index in [1.165, 1.54) is 125 Å². The first-order chi connectivity index (χ1) is 57.4. The zero-order chi connectivity index (χ0) is 78.3. The van der Waals surface area contributed by atoms with Crippen LogP contribution in [0, 0.1) is 41.5 Å². The van der Waals surface area contributed by atoms with Gasteiger partial charge < -0.3 is 13.3 Å². The minimum atomic E-state index is 0.925. The SMILES string of the molecule is Cc1cc(C)c2oc3c(-c4cccc(-c5ccc6c7ccccc7c7ccccc7c6n5)c4)cc(C)cc3c2c1.Cc1ccc2oc3c(-c4cccc(-c5ccc6c7ccccc7c7ccccc7c6n5)c4)cc(C)cc3c2c1.Cc1cccc2c1oc1c(-c3cccc(-c4ccc5c6ccccc6c6ccccc6c5n4)c3)cccc12. The predicted octanol–water partition coefficient (Wildman–Crippen LogP) is 31.2. The van der Waals surface area contributed by atoms with Crippen LogP contribution in [-0.4, -0.2) is 15.0 Å². The lowest BCUT2D eigenvalue weighted by Crippen LogP contribution is -1.90.